The van der Waals surface area contributed by atoms with Crippen LogP contribution >= 0.6 is 0 Å². The first kappa shape index (κ1) is 19.5. The number of ether oxygens (including phenoxy) is 1. The van der Waals surface area contributed by atoms with Crippen molar-refractivity contribution in [3.8, 4) is 0 Å². The number of hydrogen-bond donors (Lipinski definition) is 2. The van der Waals surface area contributed by atoms with Gasteiger partial charge in [0.05, 0.1) is 26.3 Å². The van der Waals surface area contributed by atoms with Crippen molar-refractivity contribution in [2.75, 3.05) is 44.7 Å². The Morgan fingerprint density at radius 2 is 2.00 bits per heavy atom. The average Bonchev–Trinajstić information content (AvgIpc) is 3.08. The van der Waals surface area contributed by atoms with Gasteiger partial charge in [-0.3, -0.25) is 0 Å². The number of carbonyl (C=O) groups is 1. The van der Waals surface area contributed by atoms with E-state index in [1.165, 1.54) is 0 Å². The molecule has 2 amide bonds. The molecule has 0 saturated carbocycles. The summed E-state index contributed by atoms with van der Waals surface area (Å²) in [5.41, 5.74) is 3.08. The highest BCUT2D eigenvalue weighted by atomic mass is 16.5. The van der Waals surface area contributed by atoms with E-state index >= 15 is 0 Å². The first-order valence-electron chi connectivity index (χ1n) is 9.76. The number of amides is 2. The summed E-state index contributed by atoms with van der Waals surface area (Å²) in [5.74, 6) is 0. The van der Waals surface area contributed by atoms with Crippen molar-refractivity contribution in [1.82, 2.24) is 9.47 Å². The van der Waals surface area contributed by atoms with Gasteiger partial charge in [-0.05, 0) is 30.7 Å². The molecule has 6 heteroatoms. The van der Waals surface area contributed by atoms with Crippen molar-refractivity contribution in [3.05, 3.63) is 53.9 Å². The minimum absolute atomic E-state index is 0.0394. The standard InChI is InChI=1S/C21H30N4O2/c1-18-7-3-4-9-20(18)22-21(26)25(17-19-8-5-10-23(19)2)12-6-11-24-13-15-27-16-14-24/h3-5,7-10H,6,11-17H2,1-2H3,(H,22,26)/p+1. The largest absolute Gasteiger partial charge is 0.370 e. The Morgan fingerprint density at radius 1 is 1.22 bits per heavy atom. The summed E-state index contributed by atoms with van der Waals surface area (Å²) in [6.45, 7) is 8.25. The van der Waals surface area contributed by atoms with Crippen LogP contribution < -0.4 is 10.2 Å². The quantitative estimate of drug-likeness (QED) is 0.778. The third-order valence-electron chi connectivity index (χ3n) is 5.24. The SMILES string of the molecule is Cc1ccccc1NC(=O)N(CCC[NH+]1CCOCC1)Cc1cccn1C. The van der Waals surface area contributed by atoms with Gasteiger partial charge in [-0.15, -0.1) is 0 Å². The van der Waals surface area contributed by atoms with E-state index in [2.05, 4.69) is 16.0 Å². The first-order valence-corrected chi connectivity index (χ1v) is 9.76. The zero-order valence-electron chi connectivity index (χ0n) is 16.4. The lowest BCUT2D eigenvalue weighted by molar-refractivity contribution is -0.908. The summed E-state index contributed by atoms with van der Waals surface area (Å²) >= 11 is 0. The van der Waals surface area contributed by atoms with Crippen LogP contribution in [0.1, 0.15) is 17.7 Å². The van der Waals surface area contributed by atoms with Crippen LogP contribution in [0.5, 0.6) is 0 Å². The minimum Gasteiger partial charge on any atom is -0.370 e. The zero-order chi connectivity index (χ0) is 19.1. The van der Waals surface area contributed by atoms with Crippen LogP contribution in [0.4, 0.5) is 10.5 Å². The van der Waals surface area contributed by atoms with Gasteiger partial charge >= 0.3 is 6.03 Å². The summed E-state index contributed by atoms with van der Waals surface area (Å²) in [5, 5.41) is 3.08. The van der Waals surface area contributed by atoms with Crippen LogP contribution in [0, 0.1) is 6.92 Å². The van der Waals surface area contributed by atoms with Crippen molar-refractivity contribution >= 4 is 11.7 Å². The van der Waals surface area contributed by atoms with E-state index in [0.717, 1.165) is 62.8 Å². The van der Waals surface area contributed by atoms with E-state index in [-0.39, 0.29) is 6.03 Å². The molecule has 1 aromatic carbocycles. The van der Waals surface area contributed by atoms with Gasteiger partial charge in [0.15, 0.2) is 0 Å². The van der Waals surface area contributed by atoms with E-state index in [4.69, 9.17) is 4.74 Å². The summed E-state index contributed by atoms with van der Waals surface area (Å²) in [6, 6.07) is 11.9. The third-order valence-corrected chi connectivity index (χ3v) is 5.24. The van der Waals surface area contributed by atoms with Gasteiger partial charge in [-0.25, -0.2) is 4.79 Å². The molecule has 0 atom stereocenters. The molecular formula is C21H31N4O2+. The smallest absolute Gasteiger partial charge is 0.322 e. The van der Waals surface area contributed by atoms with E-state index in [0.29, 0.717) is 6.54 Å². The van der Waals surface area contributed by atoms with Crippen LogP contribution in [-0.2, 0) is 18.3 Å². The highest BCUT2D eigenvalue weighted by Gasteiger charge is 2.18. The van der Waals surface area contributed by atoms with Gasteiger partial charge in [0.1, 0.15) is 13.1 Å². The monoisotopic (exact) mass is 371 g/mol. The Bertz CT molecular complexity index is 737. The Morgan fingerprint density at radius 3 is 2.70 bits per heavy atom. The first-order chi connectivity index (χ1) is 13.1. The number of nitrogens with zero attached hydrogens (tertiary/aromatic N) is 2. The lowest BCUT2D eigenvalue weighted by Gasteiger charge is -2.27. The minimum atomic E-state index is -0.0394. The maximum atomic E-state index is 13.0. The number of para-hydroxylation sites is 1. The molecule has 0 spiro atoms. The Balaban J connectivity index is 1.62. The predicted molar refractivity (Wildman–Crippen MR) is 107 cm³/mol. The summed E-state index contributed by atoms with van der Waals surface area (Å²) in [6.07, 6.45) is 3.01. The van der Waals surface area contributed by atoms with Gasteiger partial charge in [0, 0.05) is 37.6 Å². The second-order valence-corrected chi connectivity index (χ2v) is 7.24. The summed E-state index contributed by atoms with van der Waals surface area (Å²) in [7, 11) is 2.02. The van der Waals surface area contributed by atoms with E-state index in [9.17, 15) is 4.79 Å². The summed E-state index contributed by atoms with van der Waals surface area (Å²) < 4.78 is 7.50. The maximum absolute atomic E-state index is 13.0. The fraction of sp³-hybridized carbons (Fsp3) is 0.476. The predicted octanol–water partition coefficient (Wildman–Crippen LogP) is 1.67. The number of morpholine rings is 1. The number of benzene rings is 1. The third kappa shape index (κ3) is 5.58. The molecule has 3 rings (SSSR count). The maximum Gasteiger partial charge on any atom is 0.322 e. The van der Waals surface area contributed by atoms with Gasteiger partial charge in [0.25, 0.3) is 0 Å². The Kier molecular flexibility index (Phi) is 6.90. The molecule has 0 aliphatic carbocycles. The van der Waals surface area contributed by atoms with Gasteiger partial charge < -0.3 is 24.4 Å². The molecule has 6 nitrogen and oxygen atoms in total. The van der Waals surface area contributed by atoms with Crippen LogP contribution in [0.3, 0.4) is 0 Å². The molecule has 1 aliphatic rings. The van der Waals surface area contributed by atoms with Crippen molar-refractivity contribution in [1.29, 1.82) is 0 Å². The molecule has 1 aromatic heterocycles. The van der Waals surface area contributed by atoms with Crippen LogP contribution in [0.15, 0.2) is 42.6 Å². The molecule has 0 unspecified atom stereocenters. The molecule has 146 valence electrons. The molecule has 0 radical (unpaired) electrons. The van der Waals surface area contributed by atoms with E-state index in [1.54, 1.807) is 4.90 Å². The number of hydrogen-bond acceptors (Lipinski definition) is 2. The normalized spacial score (nSPS) is 14.9. The Labute approximate surface area is 161 Å². The second kappa shape index (κ2) is 9.58. The van der Waals surface area contributed by atoms with Crippen molar-refractivity contribution < 1.29 is 14.4 Å². The molecule has 2 aromatic rings. The lowest BCUT2D eigenvalue weighted by Crippen LogP contribution is -3.14. The number of rotatable bonds is 7. The molecule has 2 heterocycles. The van der Waals surface area contributed by atoms with Crippen molar-refractivity contribution in [3.63, 3.8) is 0 Å². The Hall–Kier alpha value is -2.31. The van der Waals surface area contributed by atoms with Crippen LogP contribution in [0.2, 0.25) is 0 Å². The van der Waals surface area contributed by atoms with E-state index < -0.39 is 0 Å². The second-order valence-electron chi connectivity index (χ2n) is 7.24. The number of carbonyl (C=O) groups excluding carboxylic acids is 1. The van der Waals surface area contributed by atoms with Gasteiger partial charge in [0.2, 0.25) is 0 Å². The number of quaternary nitrogens is 1. The van der Waals surface area contributed by atoms with E-state index in [1.807, 2.05) is 55.4 Å². The number of aromatic nitrogens is 1. The molecule has 27 heavy (non-hydrogen) atoms. The molecule has 1 fully saturated rings. The van der Waals surface area contributed by atoms with Crippen LogP contribution in [-0.4, -0.2) is 54.9 Å². The molecule has 1 aliphatic heterocycles. The molecule has 2 N–H and O–H groups in total. The zero-order valence-corrected chi connectivity index (χ0v) is 16.4. The topological polar surface area (TPSA) is 50.9 Å². The highest BCUT2D eigenvalue weighted by Crippen LogP contribution is 2.15. The summed E-state index contributed by atoms with van der Waals surface area (Å²) in [4.78, 5) is 16.5. The number of nitrogens with one attached hydrogen (secondary N) is 2. The number of anilines is 1. The fourth-order valence-corrected chi connectivity index (χ4v) is 3.45. The number of urea groups is 1. The molecule has 1 saturated heterocycles. The van der Waals surface area contributed by atoms with Crippen LogP contribution in [0.25, 0.3) is 0 Å². The molecule has 0 bridgehead atoms. The fourth-order valence-electron chi connectivity index (χ4n) is 3.45. The molecular weight excluding hydrogens is 340 g/mol. The van der Waals surface area contributed by atoms with Crippen molar-refractivity contribution in [2.45, 2.75) is 19.9 Å². The van der Waals surface area contributed by atoms with Crippen molar-refractivity contribution in [2.24, 2.45) is 7.05 Å². The lowest BCUT2D eigenvalue weighted by atomic mass is 10.2. The van der Waals surface area contributed by atoms with Gasteiger partial charge in [-0.2, -0.15) is 0 Å². The average molecular weight is 372 g/mol. The number of aryl methyl sites for hydroxylation is 2. The van der Waals surface area contributed by atoms with Gasteiger partial charge in [-0.1, -0.05) is 18.2 Å². The highest BCUT2D eigenvalue weighted by molar-refractivity contribution is 5.90.